The van der Waals surface area contributed by atoms with E-state index in [0.29, 0.717) is 0 Å². The molecular formula is C18H12BrN3O5. The first-order chi connectivity index (χ1) is 12.8. The van der Waals surface area contributed by atoms with E-state index in [0.717, 1.165) is 21.0 Å². The number of nitrogens with zero attached hydrogens (tertiary/aromatic N) is 2. The van der Waals surface area contributed by atoms with E-state index < -0.39 is 22.8 Å². The lowest BCUT2D eigenvalue weighted by atomic mass is 10.1. The molecule has 1 fully saturated rings. The number of imide groups is 2. The second-order valence-electron chi connectivity index (χ2n) is 5.71. The van der Waals surface area contributed by atoms with Crippen LogP contribution in [0.4, 0.5) is 16.2 Å². The lowest BCUT2D eigenvalue weighted by molar-refractivity contribution is -0.385. The van der Waals surface area contributed by atoms with Crippen molar-refractivity contribution < 1.29 is 19.3 Å². The minimum absolute atomic E-state index is 0.0854. The number of anilines is 1. The molecule has 1 N–H and O–H groups in total. The fourth-order valence-electron chi connectivity index (χ4n) is 2.59. The van der Waals surface area contributed by atoms with Crippen molar-refractivity contribution in [3.05, 3.63) is 73.8 Å². The monoisotopic (exact) mass is 429 g/mol. The molecule has 4 amide bonds. The van der Waals surface area contributed by atoms with Gasteiger partial charge in [-0.2, -0.15) is 0 Å². The van der Waals surface area contributed by atoms with Crippen molar-refractivity contribution in [3.8, 4) is 0 Å². The quantitative estimate of drug-likeness (QED) is 0.348. The molecule has 2 aromatic rings. The summed E-state index contributed by atoms with van der Waals surface area (Å²) in [5.41, 5.74) is 0.522. The van der Waals surface area contributed by atoms with Gasteiger partial charge in [0.25, 0.3) is 17.5 Å². The van der Waals surface area contributed by atoms with E-state index in [1.54, 1.807) is 31.2 Å². The van der Waals surface area contributed by atoms with Gasteiger partial charge in [0.2, 0.25) is 0 Å². The third-order valence-corrected chi connectivity index (χ3v) is 4.82. The summed E-state index contributed by atoms with van der Waals surface area (Å²) in [5, 5.41) is 13.2. The number of nitro groups is 1. The van der Waals surface area contributed by atoms with E-state index in [2.05, 4.69) is 21.2 Å². The maximum Gasteiger partial charge on any atom is 0.335 e. The van der Waals surface area contributed by atoms with Crippen molar-refractivity contribution in [3.63, 3.8) is 0 Å². The fourth-order valence-corrected chi connectivity index (χ4v) is 2.84. The first kappa shape index (κ1) is 18.5. The average Bonchev–Trinajstić information content (AvgIpc) is 2.61. The van der Waals surface area contributed by atoms with Crippen molar-refractivity contribution in [2.75, 3.05) is 4.90 Å². The predicted molar refractivity (Wildman–Crippen MR) is 101 cm³/mol. The van der Waals surface area contributed by atoms with Crippen LogP contribution < -0.4 is 10.2 Å². The zero-order chi connectivity index (χ0) is 19.7. The summed E-state index contributed by atoms with van der Waals surface area (Å²) in [4.78, 5) is 48.6. The zero-order valence-electron chi connectivity index (χ0n) is 13.9. The smallest absolute Gasteiger partial charge is 0.273 e. The number of hydrogen-bond acceptors (Lipinski definition) is 5. The highest BCUT2D eigenvalue weighted by Gasteiger charge is 2.37. The van der Waals surface area contributed by atoms with Crippen LogP contribution in [0.2, 0.25) is 0 Å². The van der Waals surface area contributed by atoms with Crippen LogP contribution >= 0.6 is 15.9 Å². The van der Waals surface area contributed by atoms with Gasteiger partial charge in [0, 0.05) is 10.5 Å². The van der Waals surface area contributed by atoms with Gasteiger partial charge in [0.15, 0.2) is 0 Å². The highest BCUT2D eigenvalue weighted by atomic mass is 79.9. The molecule has 3 rings (SSSR count). The summed E-state index contributed by atoms with van der Waals surface area (Å²) in [6, 6.07) is 9.65. The number of para-hydroxylation sites is 1. The summed E-state index contributed by atoms with van der Waals surface area (Å²) in [5.74, 6) is -1.77. The van der Waals surface area contributed by atoms with Crippen molar-refractivity contribution in [2.24, 2.45) is 0 Å². The molecule has 0 atom stereocenters. The first-order valence-corrected chi connectivity index (χ1v) is 8.50. The Morgan fingerprint density at radius 3 is 2.52 bits per heavy atom. The molecule has 0 unspecified atom stereocenters. The van der Waals surface area contributed by atoms with Crippen molar-refractivity contribution in [2.45, 2.75) is 6.92 Å². The molecule has 9 heteroatoms. The molecular weight excluding hydrogens is 418 g/mol. The molecule has 136 valence electrons. The van der Waals surface area contributed by atoms with E-state index in [9.17, 15) is 24.5 Å². The fraction of sp³-hybridized carbons (Fsp3) is 0.0556. The minimum Gasteiger partial charge on any atom is -0.273 e. The number of nitrogens with one attached hydrogen (secondary N) is 1. The van der Waals surface area contributed by atoms with Gasteiger partial charge in [-0.1, -0.05) is 28.1 Å². The molecule has 27 heavy (non-hydrogen) atoms. The van der Waals surface area contributed by atoms with E-state index in [1.807, 2.05) is 0 Å². The van der Waals surface area contributed by atoms with E-state index in [1.165, 1.54) is 18.2 Å². The van der Waals surface area contributed by atoms with Crippen molar-refractivity contribution >= 4 is 51.2 Å². The van der Waals surface area contributed by atoms with Gasteiger partial charge in [-0.05, 0) is 42.8 Å². The van der Waals surface area contributed by atoms with Crippen LogP contribution in [0.15, 0.2) is 52.5 Å². The third kappa shape index (κ3) is 3.49. The Morgan fingerprint density at radius 1 is 1.15 bits per heavy atom. The second kappa shape index (κ2) is 7.12. The molecule has 0 aromatic heterocycles. The van der Waals surface area contributed by atoms with Gasteiger partial charge in [0.1, 0.15) is 5.57 Å². The predicted octanol–water partition coefficient (Wildman–Crippen LogP) is 3.33. The molecule has 0 radical (unpaired) electrons. The zero-order valence-corrected chi connectivity index (χ0v) is 15.5. The number of halogens is 1. The second-order valence-corrected chi connectivity index (χ2v) is 6.56. The number of benzene rings is 2. The van der Waals surface area contributed by atoms with E-state index in [4.69, 9.17) is 0 Å². The molecule has 2 aromatic carbocycles. The number of amides is 4. The molecule has 1 aliphatic heterocycles. The highest BCUT2D eigenvalue weighted by molar-refractivity contribution is 9.10. The minimum atomic E-state index is -0.909. The van der Waals surface area contributed by atoms with Crippen LogP contribution in [0.1, 0.15) is 11.1 Å². The Morgan fingerprint density at radius 2 is 1.85 bits per heavy atom. The number of nitro benzene ring substituents is 1. The number of aryl methyl sites for hydroxylation is 1. The number of carbonyl (C=O) groups excluding carboxylic acids is 3. The van der Waals surface area contributed by atoms with Crippen LogP contribution in [0.25, 0.3) is 6.08 Å². The Kier molecular flexibility index (Phi) is 4.87. The van der Waals surface area contributed by atoms with Crippen LogP contribution in [0.3, 0.4) is 0 Å². The Hall–Kier alpha value is -3.33. The lowest BCUT2D eigenvalue weighted by Crippen LogP contribution is -2.54. The van der Waals surface area contributed by atoms with Gasteiger partial charge in [-0.15, -0.1) is 0 Å². The maximum absolute atomic E-state index is 12.8. The number of hydrogen-bond donors (Lipinski definition) is 1. The standard InChI is InChI=1S/C18H12BrN3O5/c1-10-8-12(6-7-14(10)19)21-17(24)13(16(23)20-18(21)25)9-11-4-2-3-5-15(11)22(26)27/h2-9H,1H3,(H,20,23,25)/b13-9+. The first-order valence-electron chi connectivity index (χ1n) is 7.70. The summed E-state index contributed by atoms with van der Waals surface area (Å²) in [6.45, 7) is 1.79. The molecule has 0 spiro atoms. The Labute approximate surface area is 161 Å². The number of carbonyl (C=O) groups is 3. The number of rotatable bonds is 3. The van der Waals surface area contributed by atoms with Crippen LogP contribution in [0.5, 0.6) is 0 Å². The molecule has 1 heterocycles. The van der Waals surface area contributed by atoms with Crippen LogP contribution in [-0.4, -0.2) is 22.8 Å². The van der Waals surface area contributed by atoms with Gasteiger partial charge in [-0.25, -0.2) is 9.69 Å². The molecule has 1 saturated heterocycles. The average molecular weight is 430 g/mol. The maximum atomic E-state index is 12.8. The van der Waals surface area contributed by atoms with Crippen LogP contribution in [-0.2, 0) is 9.59 Å². The number of barbiturate groups is 1. The van der Waals surface area contributed by atoms with Crippen LogP contribution in [0, 0.1) is 17.0 Å². The lowest BCUT2D eigenvalue weighted by Gasteiger charge is -2.26. The van der Waals surface area contributed by atoms with Crippen molar-refractivity contribution in [1.82, 2.24) is 5.32 Å². The SMILES string of the molecule is Cc1cc(N2C(=O)NC(=O)/C(=C\c3ccccc3[N+](=O)[O-])C2=O)ccc1Br. The van der Waals surface area contributed by atoms with E-state index >= 15 is 0 Å². The topological polar surface area (TPSA) is 110 Å². The largest absolute Gasteiger partial charge is 0.335 e. The van der Waals surface area contributed by atoms with Gasteiger partial charge >= 0.3 is 6.03 Å². The Bertz CT molecular complexity index is 1030. The summed E-state index contributed by atoms with van der Waals surface area (Å²) < 4.78 is 0.794. The van der Waals surface area contributed by atoms with Crippen molar-refractivity contribution in [1.29, 1.82) is 0 Å². The molecule has 0 aliphatic carbocycles. The highest BCUT2D eigenvalue weighted by Crippen LogP contribution is 2.27. The normalized spacial score (nSPS) is 15.9. The molecule has 8 nitrogen and oxygen atoms in total. The summed E-state index contributed by atoms with van der Waals surface area (Å²) >= 11 is 3.34. The molecule has 0 bridgehead atoms. The van der Waals surface area contributed by atoms with Gasteiger partial charge in [-0.3, -0.25) is 25.0 Å². The summed E-state index contributed by atoms with van der Waals surface area (Å²) in [6.07, 6.45) is 1.11. The molecule has 0 saturated carbocycles. The van der Waals surface area contributed by atoms with Gasteiger partial charge in [0.05, 0.1) is 16.2 Å². The van der Waals surface area contributed by atoms with E-state index in [-0.39, 0.29) is 22.5 Å². The Balaban J connectivity index is 2.08. The third-order valence-electron chi connectivity index (χ3n) is 3.93. The van der Waals surface area contributed by atoms with Gasteiger partial charge < -0.3 is 0 Å². The number of urea groups is 1. The molecule has 1 aliphatic rings. The summed E-state index contributed by atoms with van der Waals surface area (Å²) in [7, 11) is 0.